The molecule has 1 rings (SSSR count). The zero-order chi connectivity index (χ0) is 11.6. The molecule has 0 spiro atoms. The highest BCUT2D eigenvalue weighted by Crippen LogP contribution is 2.17. The van der Waals surface area contributed by atoms with E-state index in [4.69, 9.17) is 0 Å². The second kappa shape index (κ2) is 3.92. The van der Waals surface area contributed by atoms with Crippen LogP contribution in [0.5, 0.6) is 0 Å². The SMILES string of the molecule is Cn1ncc([N+](=O)[O-])c1COS(N)(=O)=O. The maximum Gasteiger partial charge on any atom is 0.333 e. The topological polar surface area (TPSA) is 130 Å². The minimum Gasteiger partial charge on any atom is -0.263 e. The Morgan fingerprint density at radius 2 is 2.33 bits per heavy atom. The van der Waals surface area contributed by atoms with Crippen LogP contribution in [0.4, 0.5) is 5.69 Å². The van der Waals surface area contributed by atoms with E-state index in [0.717, 1.165) is 10.9 Å². The third kappa shape index (κ3) is 2.97. The molecule has 0 saturated carbocycles. The average Bonchev–Trinajstić information content (AvgIpc) is 2.42. The van der Waals surface area contributed by atoms with Crippen molar-refractivity contribution in [3.8, 4) is 0 Å². The van der Waals surface area contributed by atoms with Gasteiger partial charge in [-0.2, -0.15) is 13.5 Å². The number of hydrogen-bond acceptors (Lipinski definition) is 6. The van der Waals surface area contributed by atoms with Crippen molar-refractivity contribution >= 4 is 16.0 Å². The fourth-order valence-electron chi connectivity index (χ4n) is 0.909. The zero-order valence-corrected chi connectivity index (χ0v) is 8.47. The Labute approximate surface area is 84.8 Å². The molecular formula is C5H8N4O5S. The van der Waals surface area contributed by atoms with Gasteiger partial charge in [0, 0.05) is 7.05 Å². The summed E-state index contributed by atoms with van der Waals surface area (Å²) in [4.78, 5) is 9.79. The second-order valence-electron chi connectivity index (χ2n) is 2.61. The van der Waals surface area contributed by atoms with E-state index in [9.17, 15) is 18.5 Å². The number of nitrogens with zero attached hydrogens (tertiary/aromatic N) is 3. The van der Waals surface area contributed by atoms with E-state index >= 15 is 0 Å². The highest BCUT2D eigenvalue weighted by atomic mass is 32.2. The average molecular weight is 236 g/mol. The predicted octanol–water partition coefficient (Wildman–Crippen LogP) is -0.952. The number of nitro groups is 1. The molecule has 0 radical (unpaired) electrons. The summed E-state index contributed by atoms with van der Waals surface area (Å²) >= 11 is 0. The molecular weight excluding hydrogens is 228 g/mol. The maximum absolute atomic E-state index is 10.5. The van der Waals surface area contributed by atoms with Gasteiger partial charge in [-0.05, 0) is 0 Å². The van der Waals surface area contributed by atoms with Gasteiger partial charge in [-0.25, -0.2) is 5.14 Å². The normalized spacial score (nSPS) is 11.6. The van der Waals surface area contributed by atoms with Crippen molar-refractivity contribution in [3.05, 3.63) is 22.0 Å². The summed E-state index contributed by atoms with van der Waals surface area (Å²) in [5.41, 5.74) is -0.296. The van der Waals surface area contributed by atoms with Crippen LogP contribution < -0.4 is 5.14 Å². The molecule has 2 N–H and O–H groups in total. The third-order valence-corrected chi connectivity index (χ3v) is 2.04. The van der Waals surface area contributed by atoms with E-state index in [2.05, 4.69) is 14.4 Å². The molecule has 0 atom stereocenters. The van der Waals surface area contributed by atoms with Crippen LogP contribution in [0.3, 0.4) is 0 Å². The summed E-state index contributed by atoms with van der Waals surface area (Å²) < 4.78 is 26.3. The molecule has 84 valence electrons. The first kappa shape index (κ1) is 11.6. The lowest BCUT2D eigenvalue weighted by atomic mass is 10.4. The second-order valence-corrected chi connectivity index (χ2v) is 3.83. The van der Waals surface area contributed by atoms with Crippen molar-refractivity contribution in [1.82, 2.24) is 9.78 Å². The molecule has 15 heavy (non-hydrogen) atoms. The van der Waals surface area contributed by atoms with Gasteiger partial charge in [0.25, 0.3) is 0 Å². The molecule has 1 heterocycles. The fourth-order valence-corrected chi connectivity index (χ4v) is 1.18. The summed E-state index contributed by atoms with van der Waals surface area (Å²) in [7, 11) is -2.70. The first-order chi connectivity index (χ1) is 6.81. The van der Waals surface area contributed by atoms with Crippen molar-refractivity contribution in [1.29, 1.82) is 0 Å². The Morgan fingerprint density at radius 3 is 2.80 bits per heavy atom. The van der Waals surface area contributed by atoms with Gasteiger partial charge in [-0.15, -0.1) is 0 Å². The number of nitrogens with two attached hydrogens (primary N) is 1. The molecule has 0 aromatic carbocycles. The first-order valence-electron chi connectivity index (χ1n) is 3.63. The number of aromatic nitrogens is 2. The molecule has 0 bridgehead atoms. The molecule has 0 saturated heterocycles. The summed E-state index contributed by atoms with van der Waals surface area (Å²) in [5.74, 6) is 0. The van der Waals surface area contributed by atoms with Gasteiger partial charge in [-0.3, -0.25) is 19.0 Å². The van der Waals surface area contributed by atoms with Crippen LogP contribution in [0.2, 0.25) is 0 Å². The highest BCUT2D eigenvalue weighted by molar-refractivity contribution is 7.84. The first-order valence-corrected chi connectivity index (χ1v) is 5.11. The van der Waals surface area contributed by atoms with Crippen LogP contribution in [0.25, 0.3) is 0 Å². The lowest BCUT2D eigenvalue weighted by Gasteiger charge is -2.00. The quantitative estimate of drug-likeness (QED) is 0.529. The van der Waals surface area contributed by atoms with Crippen molar-refractivity contribution in [3.63, 3.8) is 0 Å². The van der Waals surface area contributed by atoms with Gasteiger partial charge in [0.05, 0.1) is 4.92 Å². The van der Waals surface area contributed by atoms with E-state index in [0.29, 0.717) is 0 Å². The van der Waals surface area contributed by atoms with Crippen LogP contribution >= 0.6 is 0 Å². The molecule has 1 aromatic rings. The van der Waals surface area contributed by atoms with Gasteiger partial charge >= 0.3 is 16.0 Å². The summed E-state index contributed by atoms with van der Waals surface area (Å²) in [6.07, 6.45) is 1.00. The Morgan fingerprint density at radius 1 is 1.73 bits per heavy atom. The van der Waals surface area contributed by atoms with Crippen molar-refractivity contribution in [2.75, 3.05) is 0 Å². The standard InChI is InChI=1S/C5H8N4O5S/c1-8-5(3-14-15(6,12)13)4(2-7-8)9(10)11/h2H,3H2,1H3,(H2,6,12,13). The number of rotatable bonds is 4. The Kier molecular flexibility index (Phi) is 3.02. The number of hydrogen-bond donors (Lipinski definition) is 1. The zero-order valence-electron chi connectivity index (χ0n) is 7.65. The van der Waals surface area contributed by atoms with E-state index in [1.54, 1.807) is 0 Å². The summed E-state index contributed by atoms with van der Waals surface area (Å²) in [5, 5.41) is 18.7. The van der Waals surface area contributed by atoms with Crippen molar-refractivity contribution in [2.45, 2.75) is 6.61 Å². The van der Waals surface area contributed by atoms with Crippen LogP contribution in [-0.2, 0) is 28.1 Å². The minimum absolute atomic E-state index is 0.0222. The lowest BCUT2D eigenvalue weighted by molar-refractivity contribution is -0.385. The van der Waals surface area contributed by atoms with Crippen LogP contribution in [0.15, 0.2) is 6.20 Å². The van der Waals surface area contributed by atoms with Crippen LogP contribution in [-0.4, -0.2) is 23.1 Å². The van der Waals surface area contributed by atoms with E-state index < -0.39 is 21.8 Å². The molecule has 0 aliphatic carbocycles. The summed E-state index contributed by atoms with van der Waals surface area (Å²) in [6.45, 7) is -0.522. The van der Waals surface area contributed by atoms with E-state index in [1.807, 2.05) is 0 Å². The van der Waals surface area contributed by atoms with Gasteiger partial charge in [0.2, 0.25) is 0 Å². The summed E-state index contributed by atoms with van der Waals surface area (Å²) in [6, 6.07) is 0. The van der Waals surface area contributed by atoms with E-state index in [-0.39, 0.29) is 11.4 Å². The van der Waals surface area contributed by atoms with Crippen molar-refractivity contribution < 1.29 is 17.5 Å². The maximum atomic E-state index is 10.5. The fraction of sp³-hybridized carbons (Fsp3) is 0.400. The minimum atomic E-state index is -4.12. The molecule has 0 fully saturated rings. The lowest BCUT2D eigenvalue weighted by Crippen LogP contribution is -2.17. The highest BCUT2D eigenvalue weighted by Gasteiger charge is 2.20. The molecule has 0 unspecified atom stereocenters. The smallest absolute Gasteiger partial charge is 0.263 e. The third-order valence-electron chi connectivity index (χ3n) is 1.60. The van der Waals surface area contributed by atoms with Crippen LogP contribution in [0, 0.1) is 10.1 Å². The Balaban J connectivity index is 2.93. The van der Waals surface area contributed by atoms with Crippen molar-refractivity contribution in [2.24, 2.45) is 12.2 Å². The largest absolute Gasteiger partial charge is 0.333 e. The molecule has 0 aliphatic heterocycles. The van der Waals surface area contributed by atoms with Gasteiger partial charge in [-0.1, -0.05) is 0 Å². The molecule has 1 aromatic heterocycles. The van der Waals surface area contributed by atoms with Gasteiger partial charge in [0.1, 0.15) is 18.5 Å². The molecule has 10 heteroatoms. The Bertz CT molecular complexity index is 478. The molecule has 0 aliphatic rings. The predicted molar refractivity (Wildman–Crippen MR) is 47.8 cm³/mol. The van der Waals surface area contributed by atoms with Gasteiger partial charge in [0.15, 0.2) is 0 Å². The van der Waals surface area contributed by atoms with Crippen LogP contribution in [0.1, 0.15) is 5.69 Å². The van der Waals surface area contributed by atoms with Gasteiger partial charge < -0.3 is 0 Å². The monoisotopic (exact) mass is 236 g/mol. The van der Waals surface area contributed by atoms with E-state index in [1.165, 1.54) is 7.05 Å². The molecule has 0 amide bonds. The number of aryl methyl sites for hydroxylation is 1. The molecule has 9 nitrogen and oxygen atoms in total. The Hall–Kier alpha value is -1.52.